The van der Waals surface area contributed by atoms with E-state index in [0.29, 0.717) is 18.0 Å². The fourth-order valence-electron chi connectivity index (χ4n) is 1.26. The summed E-state index contributed by atoms with van der Waals surface area (Å²) < 4.78 is 0. The molecule has 0 aliphatic heterocycles. The van der Waals surface area contributed by atoms with E-state index in [2.05, 4.69) is 20.6 Å². The topological polar surface area (TPSA) is 107 Å². The lowest BCUT2D eigenvalue weighted by Crippen LogP contribution is -2.46. The van der Waals surface area contributed by atoms with E-state index in [9.17, 15) is 9.59 Å². The number of H-pyrrole nitrogens is 1. The molecule has 1 aromatic rings. The number of hydrogen-bond acceptors (Lipinski definition) is 4. The summed E-state index contributed by atoms with van der Waals surface area (Å²) in [6.45, 7) is 0.230. The molecule has 0 saturated carbocycles. The number of aromatic nitrogens is 2. The van der Waals surface area contributed by atoms with Gasteiger partial charge >= 0.3 is 12.0 Å². The number of carboxylic acids is 1. The van der Waals surface area contributed by atoms with Gasteiger partial charge in [0.2, 0.25) is 0 Å². The van der Waals surface area contributed by atoms with Crippen LogP contribution in [0.15, 0.2) is 12.4 Å². The number of nitrogens with one attached hydrogen (secondary N) is 3. The highest BCUT2D eigenvalue weighted by atomic mass is 32.2. The van der Waals surface area contributed by atoms with Crippen LogP contribution in [-0.4, -0.2) is 45.1 Å². The highest BCUT2D eigenvalue weighted by Crippen LogP contribution is 2.00. The van der Waals surface area contributed by atoms with E-state index in [1.165, 1.54) is 11.8 Å². The minimum Gasteiger partial charge on any atom is -0.480 e. The second-order valence-corrected chi connectivity index (χ2v) is 4.52. The van der Waals surface area contributed by atoms with Gasteiger partial charge in [0.25, 0.3) is 0 Å². The number of amides is 2. The first kappa shape index (κ1) is 14.4. The number of carboxylic acid groups (broad SMARTS) is 1. The van der Waals surface area contributed by atoms with E-state index in [1.54, 1.807) is 12.4 Å². The highest BCUT2D eigenvalue weighted by Gasteiger charge is 2.19. The van der Waals surface area contributed by atoms with Crippen molar-refractivity contribution in [2.24, 2.45) is 0 Å². The quantitative estimate of drug-likeness (QED) is 0.575. The summed E-state index contributed by atoms with van der Waals surface area (Å²) in [7, 11) is 0. The van der Waals surface area contributed by atoms with Gasteiger partial charge in [0.15, 0.2) is 0 Å². The maximum absolute atomic E-state index is 11.5. The maximum atomic E-state index is 11.5. The molecule has 0 unspecified atom stereocenters. The molecule has 1 atom stereocenters. The molecule has 1 heterocycles. The van der Waals surface area contributed by atoms with Crippen molar-refractivity contribution in [3.8, 4) is 0 Å². The normalized spacial score (nSPS) is 11.8. The zero-order chi connectivity index (χ0) is 13.4. The fraction of sp³-hybridized carbons (Fsp3) is 0.500. The van der Waals surface area contributed by atoms with Gasteiger partial charge in [0.1, 0.15) is 11.9 Å². The molecular weight excluding hydrogens is 256 g/mol. The smallest absolute Gasteiger partial charge is 0.326 e. The lowest BCUT2D eigenvalue weighted by Gasteiger charge is -2.14. The second-order valence-electron chi connectivity index (χ2n) is 3.54. The van der Waals surface area contributed by atoms with E-state index < -0.39 is 18.0 Å². The van der Waals surface area contributed by atoms with Gasteiger partial charge in [0, 0.05) is 12.4 Å². The Bertz CT molecular complexity index is 382. The molecule has 0 saturated heterocycles. The predicted molar refractivity (Wildman–Crippen MR) is 68.4 cm³/mol. The Morgan fingerprint density at radius 1 is 1.61 bits per heavy atom. The van der Waals surface area contributed by atoms with Gasteiger partial charge in [-0.3, -0.25) is 0 Å². The average Bonchev–Trinajstić information content (AvgIpc) is 2.84. The minimum absolute atomic E-state index is 0.230. The zero-order valence-corrected chi connectivity index (χ0v) is 10.8. The van der Waals surface area contributed by atoms with E-state index in [-0.39, 0.29) is 6.54 Å². The van der Waals surface area contributed by atoms with Crippen LogP contribution in [-0.2, 0) is 11.3 Å². The molecule has 4 N–H and O–H groups in total. The molecule has 0 aliphatic rings. The molecule has 18 heavy (non-hydrogen) atoms. The Kier molecular flexibility index (Phi) is 6.06. The lowest BCUT2D eigenvalue weighted by atomic mass is 10.2. The zero-order valence-electron chi connectivity index (χ0n) is 9.97. The van der Waals surface area contributed by atoms with Gasteiger partial charge in [-0.25, -0.2) is 14.6 Å². The molecule has 0 aliphatic carbocycles. The molecule has 1 rings (SSSR count). The molecule has 8 heteroatoms. The number of nitrogens with zero attached hydrogens (tertiary/aromatic N) is 1. The summed E-state index contributed by atoms with van der Waals surface area (Å²) in [5.74, 6) is 0.258. The van der Waals surface area contributed by atoms with Crippen LogP contribution < -0.4 is 10.6 Å². The standard InChI is InChI=1S/C10H16N4O3S/c1-18-5-2-7(9(15)16)14-10(17)13-6-8-11-3-4-12-8/h3-4,7H,2,5-6H2,1H3,(H,11,12)(H,15,16)(H2,13,14,17)/t7-/m1/s1. The molecule has 0 bridgehead atoms. The molecular formula is C10H16N4O3S. The van der Waals surface area contributed by atoms with Gasteiger partial charge in [0.05, 0.1) is 6.54 Å². The van der Waals surface area contributed by atoms with Crippen LogP contribution in [0.2, 0.25) is 0 Å². The van der Waals surface area contributed by atoms with Crippen LogP contribution in [0.3, 0.4) is 0 Å². The average molecular weight is 272 g/mol. The summed E-state index contributed by atoms with van der Waals surface area (Å²) in [5, 5.41) is 13.9. The molecule has 1 aromatic heterocycles. The largest absolute Gasteiger partial charge is 0.480 e. The summed E-state index contributed by atoms with van der Waals surface area (Å²) in [5.41, 5.74) is 0. The van der Waals surface area contributed by atoms with Crippen molar-refractivity contribution in [1.29, 1.82) is 0 Å². The van der Waals surface area contributed by atoms with Gasteiger partial charge in [-0.2, -0.15) is 11.8 Å². The van der Waals surface area contributed by atoms with E-state index >= 15 is 0 Å². The number of hydrogen-bond donors (Lipinski definition) is 4. The van der Waals surface area contributed by atoms with Crippen molar-refractivity contribution in [1.82, 2.24) is 20.6 Å². The number of aliphatic carboxylic acids is 1. The molecule has 0 spiro atoms. The molecule has 2 amide bonds. The lowest BCUT2D eigenvalue weighted by molar-refractivity contribution is -0.139. The number of aromatic amines is 1. The predicted octanol–water partition coefficient (Wildman–Crippen LogP) is 0.415. The third kappa shape index (κ3) is 5.09. The van der Waals surface area contributed by atoms with Crippen molar-refractivity contribution in [3.05, 3.63) is 18.2 Å². The third-order valence-electron chi connectivity index (χ3n) is 2.19. The van der Waals surface area contributed by atoms with Crippen molar-refractivity contribution in [2.75, 3.05) is 12.0 Å². The van der Waals surface area contributed by atoms with Crippen LogP contribution in [0.4, 0.5) is 4.79 Å². The van der Waals surface area contributed by atoms with Gasteiger partial charge in [-0.05, 0) is 18.4 Å². The first-order chi connectivity index (χ1) is 8.63. The third-order valence-corrected chi connectivity index (χ3v) is 2.83. The van der Waals surface area contributed by atoms with Crippen LogP contribution in [0.1, 0.15) is 12.2 Å². The number of carbonyl (C=O) groups excluding carboxylic acids is 1. The van der Waals surface area contributed by atoms with E-state index in [0.717, 1.165) is 0 Å². The fourth-order valence-corrected chi connectivity index (χ4v) is 1.73. The number of rotatable bonds is 7. The van der Waals surface area contributed by atoms with Crippen LogP contribution in [0, 0.1) is 0 Å². The van der Waals surface area contributed by atoms with Crippen LogP contribution >= 0.6 is 11.8 Å². The highest BCUT2D eigenvalue weighted by molar-refractivity contribution is 7.98. The molecule has 100 valence electrons. The molecule has 0 fully saturated rings. The van der Waals surface area contributed by atoms with Gasteiger partial charge < -0.3 is 20.7 Å². The minimum atomic E-state index is -1.03. The Balaban J connectivity index is 2.34. The van der Waals surface area contributed by atoms with E-state index in [4.69, 9.17) is 5.11 Å². The SMILES string of the molecule is CSCC[C@@H](NC(=O)NCc1ncc[nH]1)C(=O)O. The summed E-state index contributed by atoms with van der Waals surface area (Å²) in [6, 6.07) is -1.38. The molecule has 0 aromatic carbocycles. The molecule has 7 nitrogen and oxygen atoms in total. The van der Waals surface area contributed by atoms with Crippen molar-refractivity contribution in [2.45, 2.75) is 19.0 Å². The summed E-state index contributed by atoms with van der Waals surface area (Å²) >= 11 is 1.54. The Hall–Kier alpha value is -1.70. The summed E-state index contributed by atoms with van der Waals surface area (Å²) in [6.07, 6.45) is 5.50. The number of thioether (sulfide) groups is 1. The number of carbonyl (C=O) groups is 2. The van der Waals surface area contributed by atoms with Gasteiger partial charge in [-0.1, -0.05) is 0 Å². The van der Waals surface area contributed by atoms with Crippen LogP contribution in [0.5, 0.6) is 0 Å². The number of imidazole rings is 1. The maximum Gasteiger partial charge on any atom is 0.326 e. The first-order valence-corrected chi connectivity index (χ1v) is 6.77. The van der Waals surface area contributed by atoms with Gasteiger partial charge in [-0.15, -0.1) is 0 Å². The summed E-state index contributed by atoms with van der Waals surface area (Å²) in [4.78, 5) is 29.1. The van der Waals surface area contributed by atoms with E-state index in [1.807, 2.05) is 6.26 Å². The second kappa shape index (κ2) is 7.59. The van der Waals surface area contributed by atoms with Crippen molar-refractivity contribution in [3.63, 3.8) is 0 Å². The Morgan fingerprint density at radius 2 is 2.39 bits per heavy atom. The monoisotopic (exact) mass is 272 g/mol. The Morgan fingerprint density at radius 3 is 2.94 bits per heavy atom. The first-order valence-electron chi connectivity index (χ1n) is 5.38. The van der Waals surface area contributed by atoms with Crippen LogP contribution in [0.25, 0.3) is 0 Å². The molecule has 0 radical (unpaired) electrons. The van der Waals surface area contributed by atoms with Crippen molar-refractivity contribution < 1.29 is 14.7 Å². The van der Waals surface area contributed by atoms with Crippen molar-refractivity contribution >= 4 is 23.8 Å². The Labute approximate surface area is 109 Å². The number of urea groups is 1.